The number of aromatic nitrogens is 3. The van der Waals surface area contributed by atoms with Crippen LogP contribution in [0.5, 0.6) is 0 Å². The van der Waals surface area contributed by atoms with Crippen LogP contribution in [0.25, 0.3) is 10.7 Å². The predicted molar refractivity (Wildman–Crippen MR) is 93.7 cm³/mol. The van der Waals surface area contributed by atoms with Crippen LogP contribution in [-0.2, 0) is 7.05 Å². The van der Waals surface area contributed by atoms with E-state index in [0.29, 0.717) is 16.5 Å². The molecule has 0 aromatic carbocycles. The lowest BCUT2D eigenvalue weighted by molar-refractivity contribution is 0.0701. The van der Waals surface area contributed by atoms with E-state index in [4.69, 9.17) is 4.52 Å². The molecule has 0 bridgehead atoms. The lowest BCUT2D eigenvalue weighted by Gasteiger charge is -2.03. The molecular weight excluding hydrogens is 348 g/mol. The Morgan fingerprint density at radius 2 is 2.12 bits per heavy atom. The molecule has 0 aliphatic heterocycles. The lowest BCUT2D eigenvalue weighted by Crippen LogP contribution is -1.94. The summed E-state index contributed by atoms with van der Waals surface area (Å²) in [5.41, 5.74) is 2.47. The summed E-state index contributed by atoms with van der Waals surface area (Å²) >= 11 is 2.61. The van der Waals surface area contributed by atoms with Crippen molar-refractivity contribution in [3.8, 4) is 10.7 Å². The maximum absolute atomic E-state index is 11.2. The van der Waals surface area contributed by atoms with E-state index in [1.54, 1.807) is 6.92 Å². The number of nitrogens with one attached hydrogen (secondary N) is 1. The van der Waals surface area contributed by atoms with Crippen molar-refractivity contribution in [3.63, 3.8) is 0 Å². The molecule has 126 valence electrons. The van der Waals surface area contributed by atoms with Gasteiger partial charge in [0.25, 0.3) is 0 Å². The second-order valence-electron chi connectivity index (χ2n) is 5.30. The average Bonchev–Trinajstić information content (AvgIpc) is 3.18. The van der Waals surface area contributed by atoms with Gasteiger partial charge in [-0.05, 0) is 38.8 Å². The van der Waals surface area contributed by atoms with Gasteiger partial charge in [-0.2, -0.15) is 0 Å². The third-order valence-electron chi connectivity index (χ3n) is 3.59. The SMILES string of the molecule is Cc1cc(NSc2cc(-c3nc(C)c(C(=O)O)s3)n(C)c2C)no1. The van der Waals surface area contributed by atoms with E-state index in [2.05, 4.69) is 14.9 Å². The summed E-state index contributed by atoms with van der Waals surface area (Å²) in [5.74, 6) is 0.448. The normalized spacial score (nSPS) is 11.0. The van der Waals surface area contributed by atoms with Crippen molar-refractivity contribution in [3.05, 3.63) is 34.2 Å². The van der Waals surface area contributed by atoms with Gasteiger partial charge in [-0.1, -0.05) is 5.16 Å². The van der Waals surface area contributed by atoms with Crippen LogP contribution in [0.2, 0.25) is 0 Å². The van der Waals surface area contributed by atoms with E-state index in [1.165, 1.54) is 23.3 Å². The van der Waals surface area contributed by atoms with Crippen LogP contribution >= 0.6 is 23.3 Å². The van der Waals surface area contributed by atoms with Gasteiger partial charge in [-0.25, -0.2) is 9.78 Å². The molecule has 9 heteroatoms. The number of hydrogen-bond acceptors (Lipinski definition) is 7. The minimum Gasteiger partial charge on any atom is -0.477 e. The number of carbonyl (C=O) groups is 1. The third kappa shape index (κ3) is 3.04. The van der Waals surface area contributed by atoms with Crippen molar-refractivity contribution in [2.24, 2.45) is 7.05 Å². The smallest absolute Gasteiger partial charge is 0.347 e. The Kier molecular flexibility index (Phi) is 4.37. The molecule has 0 amide bonds. The van der Waals surface area contributed by atoms with Gasteiger partial charge in [0.1, 0.15) is 15.6 Å². The number of thiazole rings is 1. The fourth-order valence-corrected chi connectivity index (χ4v) is 3.93. The number of rotatable bonds is 5. The Morgan fingerprint density at radius 3 is 2.71 bits per heavy atom. The molecule has 0 unspecified atom stereocenters. The quantitative estimate of drug-likeness (QED) is 0.664. The minimum atomic E-state index is -0.945. The highest BCUT2D eigenvalue weighted by Crippen LogP contribution is 2.34. The zero-order valence-corrected chi connectivity index (χ0v) is 15.2. The first-order chi connectivity index (χ1) is 11.4. The number of carboxylic acid groups (broad SMARTS) is 1. The molecular formula is C15H16N4O3S2. The molecule has 0 saturated carbocycles. The van der Waals surface area contributed by atoms with Crippen molar-refractivity contribution in [2.45, 2.75) is 25.7 Å². The van der Waals surface area contributed by atoms with Crippen molar-refractivity contribution >= 4 is 35.1 Å². The first-order valence-corrected chi connectivity index (χ1v) is 8.73. The fourth-order valence-electron chi connectivity index (χ4n) is 2.21. The Morgan fingerprint density at radius 1 is 1.38 bits per heavy atom. The van der Waals surface area contributed by atoms with E-state index in [0.717, 1.165) is 22.0 Å². The predicted octanol–water partition coefficient (Wildman–Crippen LogP) is 3.88. The van der Waals surface area contributed by atoms with E-state index >= 15 is 0 Å². The molecule has 0 aliphatic rings. The largest absolute Gasteiger partial charge is 0.477 e. The molecule has 7 nitrogen and oxygen atoms in total. The summed E-state index contributed by atoms with van der Waals surface area (Å²) in [5, 5.41) is 13.8. The van der Waals surface area contributed by atoms with Crippen LogP contribution in [0.1, 0.15) is 26.8 Å². The molecule has 3 rings (SSSR count). The van der Waals surface area contributed by atoms with E-state index in [1.807, 2.05) is 37.6 Å². The molecule has 24 heavy (non-hydrogen) atoms. The van der Waals surface area contributed by atoms with Crippen LogP contribution < -0.4 is 4.72 Å². The van der Waals surface area contributed by atoms with Crippen molar-refractivity contribution < 1.29 is 14.4 Å². The number of nitrogens with zero attached hydrogens (tertiary/aromatic N) is 3. The van der Waals surface area contributed by atoms with Gasteiger partial charge < -0.3 is 18.9 Å². The highest BCUT2D eigenvalue weighted by Gasteiger charge is 2.19. The average molecular weight is 364 g/mol. The second kappa shape index (κ2) is 6.33. The molecule has 0 saturated heterocycles. The van der Waals surface area contributed by atoms with Gasteiger partial charge in [0, 0.05) is 23.7 Å². The lowest BCUT2D eigenvalue weighted by atomic mass is 10.4. The Bertz CT molecular complexity index is 910. The first kappa shape index (κ1) is 16.6. The van der Waals surface area contributed by atoms with E-state index < -0.39 is 5.97 Å². The maximum atomic E-state index is 11.2. The number of carboxylic acids is 1. The molecule has 2 N–H and O–H groups in total. The standard InChI is InChI=1S/C15H16N4O3S2/c1-7-5-12(17-22-7)18-24-11-6-10(19(4)9(11)3)14-16-8(2)13(23-14)15(20)21/h5-6H,1-4H3,(H,17,18)(H,20,21). The number of aromatic carboxylic acids is 1. The van der Waals surface area contributed by atoms with E-state index in [9.17, 15) is 9.90 Å². The Hall–Kier alpha value is -2.26. The molecule has 0 aliphatic carbocycles. The molecule has 0 spiro atoms. The van der Waals surface area contributed by atoms with Crippen molar-refractivity contribution in [2.75, 3.05) is 4.72 Å². The highest BCUT2D eigenvalue weighted by molar-refractivity contribution is 8.00. The summed E-state index contributed by atoms with van der Waals surface area (Å²) < 4.78 is 10.2. The summed E-state index contributed by atoms with van der Waals surface area (Å²) in [7, 11) is 1.94. The Labute approximate surface area is 146 Å². The first-order valence-electron chi connectivity index (χ1n) is 7.10. The topological polar surface area (TPSA) is 93.2 Å². The molecule has 3 aromatic rings. The minimum absolute atomic E-state index is 0.272. The fraction of sp³-hybridized carbons (Fsp3) is 0.267. The number of aryl methyl sites for hydroxylation is 2. The molecule has 0 atom stereocenters. The van der Waals surface area contributed by atoms with E-state index in [-0.39, 0.29) is 4.88 Å². The zero-order chi connectivity index (χ0) is 17.4. The number of anilines is 1. The second-order valence-corrected chi connectivity index (χ2v) is 7.15. The molecule has 3 heterocycles. The summed E-state index contributed by atoms with van der Waals surface area (Å²) in [6.07, 6.45) is 0. The maximum Gasteiger partial charge on any atom is 0.347 e. The summed E-state index contributed by atoms with van der Waals surface area (Å²) in [6, 6.07) is 3.80. The zero-order valence-electron chi connectivity index (χ0n) is 13.6. The molecule has 3 aromatic heterocycles. The van der Waals surface area contributed by atoms with Crippen LogP contribution in [0.4, 0.5) is 5.82 Å². The van der Waals surface area contributed by atoms with Gasteiger partial charge in [0.15, 0.2) is 5.82 Å². The van der Waals surface area contributed by atoms with Gasteiger partial charge >= 0.3 is 5.97 Å². The van der Waals surface area contributed by atoms with Gasteiger partial charge in [0.2, 0.25) is 0 Å². The third-order valence-corrected chi connectivity index (χ3v) is 5.70. The van der Waals surface area contributed by atoms with Gasteiger partial charge in [-0.3, -0.25) is 0 Å². The van der Waals surface area contributed by atoms with Crippen molar-refractivity contribution in [1.29, 1.82) is 0 Å². The van der Waals surface area contributed by atoms with Crippen LogP contribution in [0, 0.1) is 20.8 Å². The van der Waals surface area contributed by atoms with Crippen LogP contribution in [0.15, 0.2) is 21.6 Å². The van der Waals surface area contributed by atoms with Crippen LogP contribution in [0.3, 0.4) is 0 Å². The highest BCUT2D eigenvalue weighted by atomic mass is 32.2. The molecule has 0 fully saturated rings. The Balaban J connectivity index is 1.88. The monoisotopic (exact) mass is 364 g/mol. The number of hydrogen-bond donors (Lipinski definition) is 2. The van der Waals surface area contributed by atoms with Crippen molar-refractivity contribution in [1.82, 2.24) is 14.7 Å². The molecule has 0 radical (unpaired) electrons. The van der Waals surface area contributed by atoms with Gasteiger partial charge in [0.05, 0.1) is 11.4 Å². The van der Waals surface area contributed by atoms with Crippen LogP contribution in [-0.4, -0.2) is 25.8 Å². The summed E-state index contributed by atoms with van der Waals surface area (Å²) in [4.78, 5) is 16.9. The summed E-state index contributed by atoms with van der Waals surface area (Å²) in [6.45, 7) is 5.54. The van der Waals surface area contributed by atoms with Gasteiger partial charge in [-0.15, -0.1) is 11.3 Å².